The molecule has 1 aromatic rings. The largest absolute Gasteiger partial charge is 0.457 e. The van der Waals surface area contributed by atoms with Crippen molar-refractivity contribution in [2.75, 3.05) is 5.32 Å². The summed E-state index contributed by atoms with van der Waals surface area (Å²) in [6.07, 6.45) is 8.69. The molecule has 1 aromatic carbocycles. The van der Waals surface area contributed by atoms with Crippen LogP contribution < -0.4 is 10.6 Å². The summed E-state index contributed by atoms with van der Waals surface area (Å²) in [4.78, 5) is 24.0. The normalized spacial score (nSPS) is 15.8. The number of benzene rings is 1. The van der Waals surface area contributed by atoms with Crippen LogP contribution in [0, 0.1) is 0 Å². The van der Waals surface area contributed by atoms with E-state index in [0.29, 0.717) is 5.69 Å². The Morgan fingerprint density at radius 1 is 1.12 bits per heavy atom. The summed E-state index contributed by atoms with van der Waals surface area (Å²) in [6, 6.07) is 7.41. The Hall–Kier alpha value is -2.30. The number of carbonyl (C=O) groups is 2. The van der Waals surface area contributed by atoms with Crippen LogP contribution in [0.25, 0.3) is 6.08 Å². The van der Waals surface area contributed by atoms with Gasteiger partial charge < -0.3 is 15.4 Å². The van der Waals surface area contributed by atoms with Gasteiger partial charge in [-0.3, -0.25) is 0 Å². The zero-order chi connectivity index (χ0) is 18.3. The third kappa shape index (κ3) is 6.99. The zero-order valence-electron chi connectivity index (χ0n) is 15.3. The molecule has 2 amide bonds. The number of ether oxygens (including phenoxy) is 1. The molecule has 2 rings (SSSR count). The average molecular weight is 344 g/mol. The lowest BCUT2D eigenvalue weighted by atomic mass is 9.96. The molecule has 1 saturated carbocycles. The van der Waals surface area contributed by atoms with Gasteiger partial charge in [-0.15, -0.1) is 0 Å². The van der Waals surface area contributed by atoms with Crippen molar-refractivity contribution in [1.29, 1.82) is 0 Å². The van der Waals surface area contributed by atoms with Crippen LogP contribution in [0.4, 0.5) is 10.5 Å². The third-order valence-electron chi connectivity index (χ3n) is 3.96. The van der Waals surface area contributed by atoms with Crippen molar-refractivity contribution in [1.82, 2.24) is 5.32 Å². The highest BCUT2D eigenvalue weighted by Crippen LogP contribution is 2.19. The van der Waals surface area contributed by atoms with Crippen molar-refractivity contribution >= 4 is 23.8 Å². The monoisotopic (exact) mass is 344 g/mol. The topological polar surface area (TPSA) is 67.4 Å². The number of anilines is 1. The molecule has 1 fully saturated rings. The number of amides is 2. The van der Waals surface area contributed by atoms with Gasteiger partial charge in [-0.25, -0.2) is 9.59 Å². The van der Waals surface area contributed by atoms with E-state index in [2.05, 4.69) is 10.6 Å². The van der Waals surface area contributed by atoms with Gasteiger partial charge >= 0.3 is 12.0 Å². The first kappa shape index (κ1) is 19.0. The summed E-state index contributed by atoms with van der Waals surface area (Å²) in [5, 5.41) is 5.90. The number of nitrogens with one attached hydrogen (secondary N) is 2. The van der Waals surface area contributed by atoms with Crippen LogP contribution in [0.2, 0.25) is 0 Å². The number of esters is 1. The minimum Gasteiger partial charge on any atom is -0.457 e. The minimum absolute atomic E-state index is 0.204. The first-order chi connectivity index (χ1) is 11.8. The Morgan fingerprint density at radius 2 is 1.80 bits per heavy atom. The molecule has 1 aliphatic carbocycles. The first-order valence-electron chi connectivity index (χ1n) is 8.91. The molecule has 0 heterocycles. The fourth-order valence-electron chi connectivity index (χ4n) is 2.84. The highest BCUT2D eigenvalue weighted by atomic mass is 16.6. The van der Waals surface area contributed by atoms with E-state index in [1.54, 1.807) is 6.08 Å². The van der Waals surface area contributed by atoms with Crippen molar-refractivity contribution in [3.63, 3.8) is 0 Å². The summed E-state index contributed by atoms with van der Waals surface area (Å²) in [6.45, 7) is 5.47. The maximum Gasteiger partial charge on any atom is 0.331 e. The van der Waals surface area contributed by atoms with Gasteiger partial charge in [0.25, 0.3) is 0 Å². The molecule has 0 bridgehead atoms. The van der Waals surface area contributed by atoms with Crippen molar-refractivity contribution in [3.05, 3.63) is 35.9 Å². The lowest BCUT2D eigenvalue weighted by Gasteiger charge is -2.23. The second kappa shape index (κ2) is 8.70. The van der Waals surface area contributed by atoms with Gasteiger partial charge in [-0.05, 0) is 51.3 Å². The number of hydrogen-bond donors (Lipinski definition) is 2. The highest BCUT2D eigenvalue weighted by Gasteiger charge is 2.16. The van der Waals surface area contributed by atoms with E-state index in [-0.39, 0.29) is 12.1 Å². The number of para-hydroxylation sites is 1. The van der Waals surface area contributed by atoms with E-state index in [4.69, 9.17) is 4.74 Å². The minimum atomic E-state index is -0.529. The van der Waals surface area contributed by atoms with E-state index in [1.165, 1.54) is 25.3 Å². The summed E-state index contributed by atoms with van der Waals surface area (Å²) >= 11 is 0. The number of carbonyl (C=O) groups excluding carboxylic acids is 2. The van der Waals surface area contributed by atoms with Crippen molar-refractivity contribution in [2.45, 2.75) is 64.5 Å². The fraction of sp³-hybridized carbons (Fsp3) is 0.500. The van der Waals surface area contributed by atoms with Gasteiger partial charge in [0.05, 0.1) is 0 Å². The van der Waals surface area contributed by atoms with Crippen LogP contribution in [0.5, 0.6) is 0 Å². The molecule has 0 radical (unpaired) electrons. The molecule has 5 heteroatoms. The maximum absolute atomic E-state index is 12.2. The van der Waals surface area contributed by atoms with Gasteiger partial charge in [-0.1, -0.05) is 37.5 Å². The van der Waals surface area contributed by atoms with Crippen molar-refractivity contribution in [2.24, 2.45) is 0 Å². The summed E-state index contributed by atoms with van der Waals surface area (Å²) in [5.74, 6) is -0.408. The van der Waals surface area contributed by atoms with Gasteiger partial charge in [0, 0.05) is 17.8 Å². The molecule has 0 aliphatic heterocycles. The Morgan fingerprint density at radius 3 is 2.48 bits per heavy atom. The Bertz CT molecular complexity index is 626. The Labute approximate surface area is 149 Å². The molecule has 0 spiro atoms. The summed E-state index contributed by atoms with van der Waals surface area (Å²) in [5.41, 5.74) is 0.891. The van der Waals surface area contributed by atoms with E-state index in [9.17, 15) is 9.59 Å². The SMILES string of the molecule is CC(C)(C)OC(=O)/C=C/c1ccccc1NC(=O)NC1CCCCC1. The maximum atomic E-state index is 12.2. The Kier molecular flexibility index (Phi) is 6.62. The van der Waals surface area contributed by atoms with Gasteiger partial charge in [0.1, 0.15) is 5.60 Å². The average Bonchev–Trinajstić information content (AvgIpc) is 2.53. The number of hydrogen-bond acceptors (Lipinski definition) is 3. The third-order valence-corrected chi connectivity index (χ3v) is 3.96. The predicted octanol–water partition coefficient (Wildman–Crippen LogP) is 4.50. The molecule has 1 aliphatic rings. The van der Waals surface area contributed by atoms with E-state index < -0.39 is 11.6 Å². The molecule has 136 valence electrons. The molecular weight excluding hydrogens is 316 g/mol. The smallest absolute Gasteiger partial charge is 0.331 e. The first-order valence-corrected chi connectivity index (χ1v) is 8.91. The molecule has 5 nitrogen and oxygen atoms in total. The van der Waals surface area contributed by atoms with Crippen LogP contribution in [-0.4, -0.2) is 23.6 Å². The van der Waals surface area contributed by atoms with Crippen LogP contribution in [0.1, 0.15) is 58.4 Å². The van der Waals surface area contributed by atoms with E-state index in [1.807, 2.05) is 45.0 Å². The molecule has 0 saturated heterocycles. The van der Waals surface area contributed by atoms with Crippen LogP contribution in [0.15, 0.2) is 30.3 Å². The molecule has 2 N–H and O–H groups in total. The zero-order valence-corrected chi connectivity index (χ0v) is 15.3. The van der Waals surface area contributed by atoms with Crippen LogP contribution in [0.3, 0.4) is 0 Å². The standard InChI is InChI=1S/C20H28N2O3/c1-20(2,3)25-18(23)14-13-15-9-7-8-12-17(15)22-19(24)21-16-10-5-4-6-11-16/h7-9,12-14,16H,4-6,10-11H2,1-3H3,(H2,21,22,24)/b14-13+. The molecule has 0 atom stereocenters. The predicted molar refractivity (Wildman–Crippen MR) is 100 cm³/mol. The number of urea groups is 1. The van der Waals surface area contributed by atoms with Crippen molar-refractivity contribution in [3.8, 4) is 0 Å². The van der Waals surface area contributed by atoms with E-state index >= 15 is 0 Å². The van der Waals surface area contributed by atoms with Gasteiger partial charge in [-0.2, -0.15) is 0 Å². The second-order valence-corrected chi connectivity index (χ2v) is 7.39. The van der Waals surface area contributed by atoms with Crippen molar-refractivity contribution < 1.29 is 14.3 Å². The molecule has 25 heavy (non-hydrogen) atoms. The summed E-state index contributed by atoms with van der Waals surface area (Å²) in [7, 11) is 0. The lowest BCUT2D eigenvalue weighted by Crippen LogP contribution is -2.39. The van der Waals surface area contributed by atoms with Crippen LogP contribution in [-0.2, 0) is 9.53 Å². The summed E-state index contributed by atoms with van der Waals surface area (Å²) < 4.78 is 5.26. The number of rotatable bonds is 4. The highest BCUT2D eigenvalue weighted by molar-refractivity contribution is 5.94. The van der Waals surface area contributed by atoms with Gasteiger partial charge in [0.2, 0.25) is 0 Å². The quantitative estimate of drug-likeness (QED) is 0.624. The lowest BCUT2D eigenvalue weighted by molar-refractivity contribution is -0.148. The second-order valence-electron chi connectivity index (χ2n) is 7.39. The van der Waals surface area contributed by atoms with Crippen LogP contribution >= 0.6 is 0 Å². The van der Waals surface area contributed by atoms with E-state index in [0.717, 1.165) is 18.4 Å². The fourth-order valence-corrected chi connectivity index (χ4v) is 2.84. The molecule has 0 aromatic heterocycles. The van der Waals surface area contributed by atoms with Gasteiger partial charge in [0.15, 0.2) is 0 Å². The molecule has 0 unspecified atom stereocenters. The Balaban J connectivity index is 1.97. The molecular formula is C20H28N2O3.